The van der Waals surface area contributed by atoms with Gasteiger partial charge in [-0.1, -0.05) is 0 Å². The van der Waals surface area contributed by atoms with E-state index in [-0.39, 0.29) is 62.0 Å². The summed E-state index contributed by atoms with van der Waals surface area (Å²) in [6, 6.07) is 0. The Bertz CT molecular complexity index is 163. The molecule has 0 fully saturated rings. The van der Waals surface area contributed by atoms with Gasteiger partial charge in [-0.3, -0.25) is 0 Å². The third-order valence-electron chi connectivity index (χ3n) is 0.508. The van der Waals surface area contributed by atoms with Crippen LogP contribution in [0, 0.1) is 0 Å². The first-order chi connectivity index (χ1) is 4.70. The number of hydrogen-bond donors (Lipinski definition) is 0. The van der Waals surface area contributed by atoms with Gasteiger partial charge in [-0.15, -0.1) is 0 Å². The minimum absolute atomic E-state index is 0. The number of carbonyl (C=O) groups is 2. The van der Waals surface area contributed by atoms with Crippen LogP contribution < -0.4 is 59.1 Å². The summed E-state index contributed by atoms with van der Waals surface area (Å²) in [5.74, 6) is -1.36. The minimum Gasteiger partial charge on any atom is -1.00 e. The zero-order valence-corrected chi connectivity index (χ0v) is 13.7. The summed E-state index contributed by atoms with van der Waals surface area (Å²) >= 11 is 4.84. The van der Waals surface area contributed by atoms with Crippen molar-refractivity contribution in [2.75, 3.05) is 0 Å². The van der Waals surface area contributed by atoms with Crippen molar-refractivity contribution in [3.8, 4) is 0 Å². The molecule has 0 unspecified atom stereocenters. The summed E-state index contributed by atoms with van der Waals surface area (Å²) in [5, 5.41) is 0. The molecule has 0 aliphatic carbocycles. The summed E-state index contributed by atoms with van der Waals surface area (Å²) < 4.78 is 8.02. The van der Waals surface area contributed by atoms with E-state index in [4.69, 9.17) is 0 Å². The Labute approximate surface area is 134 Å². The van der Waals surface area contributed by atoms with E-state index in [9.17, 15) is 9.59 Å². The normalized spacial score (nSPS) is 7.83. The fraction of sp³-hybridized carbons (Fsp3) is 0. The smallest absolute Gasteiger partial charge is 1.00 e. The van der Waals surface area contributed by atoms with E-state index < -0.39 is 11.9 Å². The molecule has 0 amide bonds. The van der Waals surface area contributed by atoms with Gasteiger partial charge in [0.25, 0.3) is 0 Å². The van der Waals surface area contributed by atoms with Gasteiger partial charge < -0.3 is 10.5 Å². The van der Waals surface area contributed by atoms with Crippen molar-refractivity contribution in [3.05, 3.63) is 12.2 Å². The number of rotatable bonds is 2. The molecule has 0 rings (SSSR count). The van der Waals surface area contributed by atoms with Crippen LogP contribution in [0.4, 0.5) is 0 Å². The summed E-state index contributed by atoms with van der Waals surface area (Å²) in [7, 11) is 0. The third kappa shape index (κ3) is 11.6. The van der Waals surface area contributed by atoms with E-state index in [1.807, 2.05) is 0 Å². The average Bonchev–Trinajstić information content (AvgIpc) is 1.99. The van der Waals surface area contributed by atoms with Crippen molar-refractivity contribution in [3.63, 3.8) is 0 Å². The molecule has 8 heteroatoms. The van der Waals surface area contributed by atoms with Crippen LogP contribution in [0.3, 0.4) is 0 Å². The van der Waals surface area contributed by atoms with E-state index in [1.54, 1.807) is 0 Å². The second-order valence-corrected chi connectivity index (χ2v) is 1.77. The molecule has 0 spiro atoms. The maximum atomic E-state index is 10.3. The maximum absolute atomic E-state index is 10.3. The average molecular weight is 322 g/mol. The Morgan fingerprint density at radius 2 is 1.25 bits per heavy atom. The Hall–Kier alpha value is 1.64. The first-order valence-electron chi connectivity index (χ1n) is 2.04. The molecule has 0 saturated heterocycles. The molecule has 0 bridgehead atoms. The van der Waals surface area contributed by atoms with E-state index in [2.05, 4.69) is 40.2 Å². The first-order valence-corrected chi connectivity index (χ1v) is 3.33. The van der Waals surface area contributed by atoms with Gasteiger partial charge in [0.15, 0.2) is 32.5 Å². The van der Waals surface area contributed by atoms with Crippen molar-refractivity contribution in [1.29, 1.82) is 0 Å². The molecule has 0 aromatic carbocycles. The summed E-state index contributed by atoms with van der Waals surface area (Å²) in [4.78, 5) is 20.5. The zero-order chi connectivity index (χ0) is 7.98. The fourth-order valence-corrected chi connectivity index (χ4v) is 0.403. The first kappa shape index (κ1) is 19.2. The van der Waals surface area contributed by atoms with Crippen LogP contribution >= 0.6 is 32.5 Å². The van der Waals surface area contributed by atoms with Gasteiger partial charge in [0.05, 0.1) is 0 Å². The second kappa shape index (κ2) is 12.6. The summed E-state index contributed by atoms with van der Waals surface area (Å²) in [6.07, 6.45) is 1.83. The Morgan fingerprint density at radius 3 is 1.42 bits per heavy atom. The predicted octanol–water partition coefficient (Wildman–Crippen LogP) is -4.52. The molecule has 4 nitrogen and oxygen atoms in total. The summed E-state index contributed by atoms with van der Waals surface area (Å²) in [5.41, 5.74) is 0. The van der Waals surface area contributed by atoms with Crippen LogP contribution in [0.1, 0.15) is 2.85 Å². The van der Waals surface area contributed by atoms with Gasteiger partial charge in [-0.2, -0.15) is 0 Å². The van der Waals surface area contributed by atoms with Crippen LogP contribution in [0.2, 0.25) is 0 Å². The quantitative estimate of drug-likeness (QED) is 0.380. The van der Waals surface area contributed by atoms with Crippen molar-refractivity contribution in [1.82, 2.24) is 0 Å². The number of carbonyl (C=O) groups excluding carboxylic acids is 2. The Kier molecular flexibility index (Phi) is 20.3. The molecule has 0 N–H and O–H groups in total. The third-order valence-corrected chi connectivity index (χ3v) is 1.15. The zero-order valence-electron chi connectivity index (χ0n) is 8.54. The molecule has 0 atom stereocenters. The van der Waals surface area contributed by atoms with Gasteiger partial charge in [0, 0.05) is 12.2 Å². The molecular formula is C4H4Br2Na2O4. The SMILES string of the molecule is O=C(C=CC(=O)OBr)OBr.[H-].[H-].[Na+].[Na+]. The van der Waals surface area contributed by atoms with Crippen molar-refractivity contribution >= 4 is 44.5 Å². The van der Waals surface area contributed by atoms with Crippen LogP contribution in [0.25, 0.3) is 0 Å². The van der Waals surface area contributed by atoms with E-state index in [0.717, 1.165) is 12.2 Å². The molecule has 0 radical (unpaired) electrons. The van der Waals surface area contributed by atoms with Crippen LogP contribution in [0.5, 0.6) is 0 Å². The number of hydrogen-bond acceptors (Lipinski definition) is 4. The number of halogens is 2. The minimum atomic E-state index is -0.682. The molecular weight excluding hydrogens is 318 g/mol. The molecule has 0 aliphatic heterocycles. The second-order valence-electron chi connectivity index (χ2n) is 1.13. The monoisotopic (exact) mass is 320 g/mol. The topological polar surface area (TPSA) is 52.6 Å². The molecule has 0 heterocycles. The molecule has 0 aliphatic rings. The Balaban J connectivity index is -0.0000000675. The van der Waals surface area contributed by atoms with Gasteiger partial charge in [0.2, 0.25) is 0 Å². The van der Waals surface area contributed by atoms with Gasteiger partial charge in [-0.05, 0) is 0 Å². The van der Waals surface area contributed by atoms with Crippen LogP contribution in [-0.4, -0.2) is 11.9 Å². The van der Waals surface area contributed by atoms with Gasteiger partial charge in [-0.25, -0.2) is 9.59 Å². The largest absolute Gasteiger partial charge is 1.00 e. The van der Waals surface area contributed by atoms with Gasteiger partial charge >= 0.3 is 71.1 Å². The van der Waals surface area contributed by atoms with Crippen molar-refractivity contribution < 1.29 is 79.2 Å². The van der Waals surface area contributed by atoms with E-state index >= 15 is 0 Å². The van der Waals surface area contributed by atoms with Crippen molar-refractivity contribution in [2.45, 2.75) is 0 Å². The molecule has 12 heavy (non-hydrogen) atoms. The fourth-order valence-electron chi connectivity index (χ4n) is 0.188. The summed E-state index contributed by atoms with van der Waals surface area (Å²) in [6.45, 7) is 0. The van der Waals surface area contributed by atoms with E-state index in [1.165, 1.54) is 0 Å². The predicted molar refractivity (Wildman–Crippen MR) is 41.4 cm³/mol. The van der Waals surface area contributed by atoms with Crippen LogP contribution in [-0.2, 0) is 17.2 Å². The van der Waals surface area contributed by atoms with E-state index in [0.29, 0.717) is 0 Å². The van der Waals surface area contributed by atoms with Crippen LogP contribution in [0.15, 0.2) is 12.2 Å². The molecule has 0 aromatic rings. The standard InChI is InChI=1S/C4H2Br2O4.2Na.2H/c5-9-3(7)1-2-4(8)10-6;;;;/h1-2H;;;;/q;2*+1;2*-1. The van der Waals surface area contributed by atoms with Gasteiger partial charge in [0.1, 0.15) is 0 Å². The van der Waals surface area contributed by atoms with Crippen molar-refractivity contribution in [2.24, 2.45) is 0 Å². The molecule has 0 saturated carbocycles. The Morgan fingerprint density at radius 1 is 1.00 bits per heavy atom. The maximum Gasteiger partial charge on any atom is 1.00 e. The molecule has 60 valence electrons. The molecule has 0 aromatic heterocycles.